The maximum atomic E-state index is 6.04. The molecule has 0 radical (unpaired) electrons. The topological polar surface area (TPSA) is 48.1 Å². The molecule has 4 heteroatoms. The van der Waals surface area contributed by atoms with E-state index in [1.165, 1.54) is 10.4 Å². The monoisotopic (exact) mass is 304 g/mol. The van der Waals surface area contributed by atoms with Gasteiger partial charge in [-0.05, 0) is 38.3 Å². The van der Waals surface area contributed by atoms with Gasteiger partial charge in [0.25, 0.3) is 0 Å². The molecule has 1 unspecified atom stereocenters. The molecule has 2 N–H and O–H groups in total. The Kier molecular flexibility index (Phi) is 5.01. The van der Waals surface area contributed by atoms with Crippen molar-refractivity contribution in [3.8, 4) is 5.75 Å². The third-order valence-electron chi connectivity index (χ3n) is 3.37. The van der Waals surface area contributed by atoms with Crippen LogP contribution in [0.15, 0.2) is 18.2 Å². The van der Waals surface area contributed by atoms with Crippen LogP contribution in [-0.2, 0) is 6.61 Å². The van der Waals surface area contributed by atoms with Gasteiger partial charge in [0.05, 0.1) is 5.69 Å². The SMILES string of the molecule is Cc1ccc(OCc2nc(C(C)C)c(C(C)N)s2)c(C)c1. The molecule has 0 aliphatic heterocycles. The van der Waals surface area contributed by atoms with Crippen molar-refractivity contribution < 1.29 is 4.74 Å². The summed E-state index contributed by atoms with van der Waals surface area (Å²) in [5, 5.41) is 0.992. The molecule has 21 heavy (non-hydrogen) atoms. The molecule has 0 saturated carbocycles. The summed E-state index contributed by atoms with van der Waals surface area (Å²) in [7, 11) is 0. The first kappa shape index (κ1) is 16.0. The lowest BCUT2D eigenvalue weighted by Crippen LogP contribution is -2.06. The summed E-state index contributed by atoms with van der Waals surface area (Å²) in [5.41, 5.74) is 9.55. The zero-order valence-corrected chi connectivity index (χ0v) is 14.3. The number of aromatic nitrogens is 1. The van der Waals surface area contributed by atoms with Crippen LogP contribution in [-0.4, -0.2) is 4.98 Å². The minimum absolute atomic E-state index is 0.0229. The number of hydrogen-bond donors (Lipinski definition) is 1. The summed E-state index contributed by atoms with van der Waals surface area (Å²) in [6.45, 7) is 11.0. The van der Waals surface area contributed by atoms with Crippen LogP contribution in [0, 0.1) is 13.8 Å². The van der Waals surface area contributed by atoms with Crippen molar-refractivity contribution in [3.05, 3.63) is 44.9 Å². The molecular formula is C17H24N2OS. The third kappa shape index (κ3) is 3.83. The Bertz CT molecular complexity index is 592. The second kappa shape index (κ2) is 6.58. The molecule has 3 nitrogen and oxygen atoms in total. The molecule has 1 heterocycles. The molecule has 0 aliphatic rings. The average Bonchev–Trinajstić information content (AvgIpc) is 2.82. The van der Waals surface area contributed by atoms with Crippen molar-refractivity contribution in [1.82, 2.24) is 4.98 Å². The molecule has 114 valence electrons. The number of nitrogens with two attached hydrogens (primary N) is 1. The Morgan fingerprint density at radius 3 is 2.48 bits per heavy atom. The fourth-order valence-corrected chi connectivity index (χ4v) is 3.38. The maximum Gasteiger partial charge on any atom is 0.140 e. The number of thiazole rings is 1. The molecule has 0 bridgehead atoms. The van der Waals surface area contributed by atoms with Crippen molar-refractivity contribution in [1.29, 1.82) is 0 Å². The molecule has 1 atom stereocenters. The average molecular weight is 304 g/mol. The van der Waals surface area contributed by atoms with Gasteiger partial charge in [0, 0.05) is 10.9 Å². The van der Waals surface area contributed by atoms with Gasteiger partial charge in [0.1, 0.15) is 17.4 Å². The van der Waals surface area contributed by atoms with Gasteiger partial charge in [-0.3, -0.25) is 0 Å². The molecule has 0 amide bonds. The summed E-state index contributed by atoms with van der Waals surface area (Å²) in [6.07, 6.45) is 0. The lowest BCUT2D eigenvalue weighted by atomic mass is 10.1. The van der Waals surface area contributed by atoms with E-state index in [2.05, 4.69) is 39.8 Å². The highest BCUT2D eigenvalue weighted by molar-refractivity contribution is 7.11. The van der Waals surface area contributed by atoms with E-state index in [1.54, 1.807) is 11.3 Å². The summed E-state index contributed by atoms with van der Waals surface area (Å²) >= 11 is 1.66. The van der Waals surface area contributed by atoms with E-state index < -0.39 is 0 Å². The molecule has 0 saturated heterocycles. The van der Waals surface area contributed by atoms with Crippen LogP contribution in [0.2, 0.25) is 0 Å². The Hall–Kier alpha value is -1.39. The van der Waals surface area contributed by atoms with Gasteiger partial charge in [-0.15, -0.1) is 11.3 Å². The van der Waals surface area contributed by atoms with Gasteiger partial charge in [0.15, 0.2) is 0 Å². The van der Waals surface area contributed by atoms with Gasteiger partial charge < -0.3 is 10.5 Å². The molecule has 1 aromatic carbocycles. The second-order valence-corrected chi connectivity index (χ2v) is 6.97. The van der Waals surface area contributed by atoms with Gasteiger partial charge >= 0.3 is 0 Å². The predicted molar refractivity (Wildman–Crippen MR) is 89.1 cm³/mol. The van der Waals surface area contributed by atoms with Crippen molar-refractivity contribution in [2.75, 3.05) is 0 Å². The highest BCUT2D eigenvalue weighted by atomic mass is 32.1. The fourth-order valence-electron chi connectivity index (χ4n) is 2.29. The number of nitrogens with zero attached hydrogens (tertiary/aromatic N) is 1. The Morgan fingerprint density at radius 1 is 1.24 bits per heavy atom. The smallest absolute Gasteiger partial charge is 0.140 e. The van der Waals surface area contributed by atoms with Crippen molar-refractivity contribution >= 4 is 11.3 Å². The van der Waals surface area contributed by atoms with Crippen LogP contribution < -0.4 is 10.5 Å². The first-order valence-corrected chi connectivity index (χ1v) is 8.15. The van der Waals surface area contributed by atoms with Crippen molar-refractivity contribution in [2.24, 2.45) is 5.73 Å². The van der Waals surface area contributed by atoms with Crippen molar-refractivity contribution in [3.63, 3.8) is 0 Å². The summed E-state index contributed by atoms with van der Waals surface area (Å²) in [5.74, 6) is 1.31. The van der Waals surface area contributed by atoms with Gasteiger partial charge in [-0.25, -0.2) is 4.98 Å². The third-order valence-corrected chi connectivity index (χ3v) is 4.61. The first-order valence-electron chi connectivity index (χ1n) is 7.33. The highest BCUT2D eigenvalue weighted by Gasteiger charge is 2.17. The van der Waals surface area contributed by atoms with Gasteiger partial charge in [-0.1, -0.05) is 31.5 Å². The molecule has 0 spiro atoms. The van der Waals surface area contributed by atoms with E-state index >= 15 is 0 Å². The van der Waals surface area contributed by atoms with Gasteiger partial charge in [0.2, 0.25) is 0 Å². The maximum absolute atomic E-state index is 6.04. The highest BCUT2D eigenvalue weighted by Crippen LogP contribution is 2.30. The Balaban J connectivity index is 2.15. The lowest BCUT2D eigenvalue weighted by molar-refractivity contribution is 0.303. The summed E-state index contributed by atoms with van der Waals surface area (Å²) in [6, 6.07) is 6.24. The van der Waals surface area contributed by atoms with E-state index in [0.717, 1.165) is 22.0 Å². The number of ether oxygens (including phenoxy) is 1. The first-order chi connectivity index (χ1) is 9.88. The number of hydrogen-bond acceptors (Lipinski definition) is 4. The van der Waals surface area contributed by atoms with Crippen LogP contribution in [0.25, 0.3) is 0 Å². The van der Waals surface area contributed by atoms with Crippen LogP contribution >= 0.6 is 11.3 Å². The number of rotatable bonds is 5. The predicted octanol–water partition coefficient (Wildman–Crippen LogP) is 4.48. The molecule has 2 aromatic rings. The molecule has 0 fully saturated rings. The van der Waals surface area contributed by atoms with E-state index in [0.29, 0.717) is 12.5 Å². The van der Waals surface area contributed by atoms with E-state index in [4.69, 9.17) is 15.5 Å². The zero-order chi connectivity index (χ0) is 15.6. The van der Waals surface area contributed by atoms with E-state index in [1.807, 2.05) is 13.0 Å². The molecule has 2 rings (SSSR count). The molecular weight excluding hydrogens is 280 g/mol. The van der Waals surface area contributed by atoms with Crippen LogP contribution in [0.3, 0.4) is 0 Å². The minimum Gasteiger partial charge on any atom is -0.486 e. The second-order valence-electron chi connectivity index (χ2n) is 5.86. The van der Waals surface area contributed by atoms with Crippen LogP contribution in [0.5, 0.6) is 5.75 Å². The van der Waals surface area contributed by atoms with Crippen molar-refractivity contribution in [2.45, 2.75) is 53.2 Å². The standard InChI is InChI=1S/C17H24N2OS/c1-10(2)16-17(13(5)18)21-15(19-16)9-20-14-7-6-11(3)8-12(14)4/h6-8,10,13H,9,18H2,1-5H3. The minimum atomic E-state index is 0.0229. The zero-order valence-electron chi connectivity index (χ0n) is 13.4. The largest absolute Gasteiger partial charge is 0.486 e. The van der Waals surface area contributed by atoms with Crippen LogP contribution in [0.4, 0.5) is 0 Å². The summed E-state index contributed by atoms with van der Waals surface area (Å²) < 4.78 is 5.91. The normalized spacial score (nSPS) is 12.7. The summed E-state index contributed by atoms with van der Waals surface area (Å²) in [4.78, 5) is 5.88. The quantitative estimate of drug-likeness (QED) is 0.886. The Morgan fingerprint density at radius 2 is 1.95 bits per heavy atom. The lowest BCUT2D eigenvalue weighted by Gasteiger charge is -2.08. The fraction of sp³-hybridized carbons (Fsp3) is 0.471. The van der Waals surface area contributed by atoms with Crippen LogP contribution in [0.1, 0.15) is 59.4 Å². The number of benzene rings is 1. The Labute approximate surface area is 131 Å². The van der Waals surface area contributed by atoms with E-state index in [-0.39, 0.29) is 6.04 Å². The molecule has 0 aliphatic carbocycles. The molecule has 1 aromatic heterocycles. The number of aryl methyl sites for hydroxylation is 2. The van der Waals surface area contributed by atoms with E-state index in [9.17, 15) is 0 Å². The van der Waals surface area contributed by atoms with Gasteiger partial charge in [-0.2, -0.15) is 0 Å².